The third-order valence-corrected chi connectivity index (χ3v) is 5.03. The maximum absolute atomic E-state index is 12.7. The summed E-state index contributed by atoms with van der Waals surface area (Å²) < 4.78 is 31.3. The predicted octanol–water partition coefficient (Wildman–Crippen LogP) is 3.19. The van der Waals surface area contributed by atoms with Gasteiger partial charge in [0.15, 0.2) is 0 Å². The average molecular weight is 376 g/mol. The molecule has 2 rings (SSSR count). The van der Waals surface area contributed by atoms with Gasteiger partial charge in [0.2, 0.25) is 15.9 Å². The molecule has 0 spiro atoms. The lowest BCUT2D eigenvalue weighted by Crippen LogP contribution is -2.45. The lowest BCUT2D eigenvalue weighted by molar-refractivity contribution is -0.116. The lowest BCUT2D eigenvalue weighted by Gasteiger charge is -2.28. The molecule has 1 atom stereocenters. The van der Waals surface area contributed by atoms with Crippen LogP contribution in [0.4, 0.5) is 11.4 Å². The minimum absolute atomic E-state index is 0.441. The number of benzene rings is 2. The van der Waals surface area contributed by atoms with Gasteiger partial charge in [0, 0.05) is 0 Å². The van der Waals surface area contributed by atoms with Gasteiger partial charge >= 0.3 is 0 Å². The zero-order valence-corrected chi connectivity index (χ0v) is 16.2. The van der Waals surface area contributed by atoms with Crippen molar-refractivity contribution in [3.63, 3.8) is 0 Å². The van der Waals surface area contributed by atoms with Crippen LogP contribution in [0.1, 0.15) is 19.4 Å². The summed E-state index contributed by atoms with van der Waals surface area (Å²) in [5.74, 6) is 0.0982. The van der Waals surface area contributed by atoms with Crippen LogP contribution in [0.2, 0.25) is 0 Å². The highest BCUT2D eigenvalue weighted by Gasteiger charge is 2.29. The lowest BCUT2D eigenvalue weighted by atomic mass is 10.2. The van der Waals surface area contributed by atoms with Gasteiger partial charge in [0.25, 0.3) is 0 Å². The highest BCUT2D eigenvalue weighted by atomic mass is 32.2. The quantitative estimate of drug-likeness (QED) is 0.805. The fourth-order valence-electron chi connectivity index (χ4n) is 2.66. The summed E-state index contributed by atoms with van der Waals surface area (Å²) in [7, 11) is -3.65. The van der Waals surface area contributed by atoms with Crippen molar-refractivity contribution >= 4 is 27.3 Å². The normalized spacial score (nSPS) is 12.3. The molecule has 26 heavy (non-hydrogen) atoms. The van der Waals surface area contributed by atoms with E-state index in [9.17, 15) is 13.2 Å². The fraction of sp³-hybridized carbons (Fsp3) is 0.316. The number of hydrogen-bond acceptors (Lipinski definition) is 4. The second-order valence-corrected chi connectivity index (χ2v) is 7.85. The molecule has 0 aliphatic heterocycles. The molecule has 0 bridgehead atoms. The van der Waals surface area contributed by atoms with Crippen LogP contribution in [0, 0.1) is 6.92 Å². The Bertz CT molecular complexity index is 881. The van der Waals surface area contributed by atoms with E-state index in [1.807, 2.05) is 19.9 Å². The van der Waals surface area contributed by atoms with Crippen LogP contribution in [0.15, 0.2) is 48.5 Å². The number of nitrogens with zero attached hydrogens (tertiary/aromatic N) is 1. The Hall–Kier alpha value is -2.54. The number of nitrogens with one attached hydrogen (secondary N) is 1. The van der Waals surface area contributed by atoms with Crippen molar-refractivity contribution in [2.24, 2.45) is 0 Å². The molecule has 0 aromatic heterocycles. The number of para-hydroxylation sites is 2. The van der Waals surface area contributed by atoms with Gasteiger partial charge in [-0.15, -0.1) is 0 Å². The number of sulfonamides is 1. The zero-order valence-electron chi connectivity index (χ0n) is 15.4. The number of amides is 1. The van der Waals surface area contributed by atoms with Crippen LogP contribution in [-0.2, 0) is 14.8 Å². The van der Waals surface area contributed by atoms with Gasteiger partial charge in [-0.3, -0.25) is 9.10 Å². The largest absolute Gasteiger partial charge is 0.492 e. The minimum atomic E-state index is -3.65. The molecule has 6 nitrogen and oxygen atoms in total. The summed E-state index contributed by atoms with van der Waals surface area (Å²) in [6.45, 7) is 5.74. The topological polar surface area (TPSA) is 75.7 Å². The summed E-state index contributed by atoms with van der Waals surface area (Å²) in [6.07, 6.45) is 1.09. The standard InChI is InChI=1S/C19H24N2O4S/c1-5-25-18-12-7-6-11-17(18)20-19(22)15(3)21(26(4,23)24)16-10-8-9-14(2)13-16/h6-13,15H,5H2,1-4H3,(H,20,22)/t15-/m1/s1. The average Bonchev–Trinajstić information content (AvgIpc) is 2.55. The fourth-order valence-corrected chi connectivity index (χ4v) is 3.83. The number of hydrogen-bond donors (Lipinski definition) is 1. The van der Waals surface area contributed by atoms with E-state index in [1.54, 1.807) is 49.4 Å². The highest BCUT2D eigenvalue weighted by Crippen LogP contribution is 2.26. The van der Waals surface area contributed by atoms with E-state index >= 15 is 0 Å². The highest BCUT2D eigenvalue weighted by molar-refractivity contribution is 7.92. The number of anilines is 2. The first-order chi connectivity index (χ1) is 12.2. The number of ether oxygens (including phenoxy) is 1. The molecular weight excluding hydrogens is 352 g/mol. The van der Waals surface area contributed by atoms with E-state index in [4.69, 9.17) is 4.74 Å². The van der Waals surface area contributed by atoms with Gasteiger partial charge in [0.05, 0.1) is 24.2 Å². The third kappa shape index (κ3) is 4.76. The Morgan fingerprint density at radius 2 is 1.88 bits per heavy atom. The number of carbonyl (C=O) groups excluding carboxylic acids is 1. The van der Waals surface area contributed by atoms with Crippen molar-refractivity contribution in [2.45, 2.75) is 26.8 Å². The molecule has 1 amide bonds. The third-order valence-electron chi connectivity index (χ3n) is 3.79. The van der Waals surface area contributed by atoms with Crippen LogP contribution < -0.4 is 14.4 Å². The van der Waals surface area contributed by atoms with Crippen LogP contribution in [-0.4, -0.2) is 33.2 Å². The molecule has 1 N–H and O–H groups in total. The Labute approximate surface area is 154 Å². The van der Waals surface area contributed by atoms with Gasteiger partial charge in [0.1, 0.15) is 11.8 Å². The molecule has 0 unspecified atom stereocenters. The molecule has 0 aliphatic carbocycles. The van der Waals surface area contributed by atoms with Crippen LogP contribution in [0.25, 0.3) is 0 Å². The van der Waals surface area contributed by atoms with E-state index in [-0.39, 0.29) is 0 Å². The number of carbonyl (C=O) groups is 1. The Morgan fingerprint density at radius 3 is 2.50 bits per heavy atom. The molecule has 7 heteroatoms. The van der Waals surface area contributed by atoms with E-state index in [0.29, 0.717) is 23.7 Å². The predicted molar refractivity (Wildman–Crippen MR) is 104 cm³/mol. The van der Waals surface area contributed by atoms with Crippen molar-refractivity contribution in [1.82, 2.24) is 0 Å². The van der Waals surface area contributed by atoms with Crippen molar-refractivity contribution in [3.05, 3.63) is 54.1 Å². The van der Waals surface area contributed by atoms with Gasteiger partial charge in [-0.05, 0) is 50.6 Å². The SMILES string of the molecule is CCOc1ccccc1NC(=O)[C@@H](C)N(c1cccc(C)c1)S(C)(=O)=O. The maximum Gasteiger partial charge on any atom is 0.248 e. The van der Waals surface area contributed by atoms with Crippen molar-refractivity contribution in [3.8, 4) is 5.75 Å². The van der Waals surface area contributed by atoms with E-state index in [0.717, 1.165) is 16.1 Å². The molecule has 0 heterocycles. The summed E-state index contributed by atoms with van der Waals surface area (Å²) >= 11 is 0. The summed E-state index contributed by atoms with van der Waals surface area (Å²) in [6, 6.07) is 13.2. The molecule has 0 radical (unpaired) electrons. The molecule has 2 aromatic carbocycles. The van der Waals surface area contributed by atoms with Crippen LogP contribution in [0.5, 0.6) is 5.75 Å². The monoisotopic (exact) mass is 376 g/mol. The molecule has 0 fully saturated rings. The minimum Gasteiger partial charge on any atom is -0.492 e. The maximum atomic E-state index is 12.7. The van der Waals surface area contributed by atoms with Gasteiger partial charge in [-0.2, -0.15) is 0 Å². The molecular formula is C19H24N2O4S. The van der Waals surface area contributed by atoms with Crippen molar-refractivity contribution in [1.29, 1.82) is 0 Å². The van der Waals surface area contributed by atoms with E-state index < -0.39 is 22.0 Å². The van der Waals surface area contributed by atoms with Gasteiger partial charge in [-0.25, -0.2) is 8.42 Å². The van der Waals surface area contributed by atoms with Crippen LogP contribution in [0.3, 0.4) is 0 Å². The zero-order chi connectivity index (χ0) is 19.3. The summed E-state index contributed by atoms with van der Waals surface area (Å²) in [4.78, 5) is 12.7. The first kappa shape index (κ1) is 19.8. The molecule has 2 aromatic rings. The number of aryl methyl sites for hydroxylation is 1. The molecule has 0 saturated carbocycles. The van der Waals surface area contributed by atoms with E-state index in [1.165, 1.54) is 0 Å². The first-order valence-corrected chi connectivity index (χ1v) is 10.2. The van der Waals surface area contributed by atoms with E-state index in [2.05, 4.69) is 5.32 Å². The Morgan fingerprint density at radius 1 is 1.19 bits per heavy atom. The molecule has 0 aliphatic rings. The second-order valence-electron chi connectivity index (χ2n) is 5.99. The van der Waals surface area contributed by atoms with Crippen LogP contribution >= 0.6 is 0 Å². The van der Waals surface area contributed by atoms with Crippen molar-refractivity contribution in [2.75, 3.05) is 22.5 Å². The summed E-state index contributed by atoms with van der Waals surface area (Å²) in [5, 5.41) is 2.76. The molecule has 140 valence electrons. The van der Waals surface area contributed by atoms with Gasteiger partial charge in [-0.1, -0.05) is 24.3 Å². The van der Waals surface area contributed by atoms with Gasteiger partial charge < -0.3 is 10.1 Å². The Kier molecular flexibility index (Phi) is 6.26. The second kappa shape index (κ2) is 8.23. The smallest absolute Gasteiger partial charge is 0.248 e. The Balaban J connectivity index is 2.32. The summed E-state index contributed by atoms with van der Waals surface area (Å²) in [5.41, 5.74) is 1.86. The number of rotatable bonds is 7. The molecule has 0 saturated heterocycles. The van der Waals surface area contributed by atoms with Crippen molar-refractivity contribution < 1.29 is 17.9 Å². The first-order valence-electron chi connectivity index (χ1n) is 8.32.